The highest BCUT2D eigenvalue weighted by Crippen LogP contribution is 2.19. The van der Waals surface area contributed by atoms with Crippen LogP contribution >= 0.6 is 23.2 Å². The van der Waals surface area contributed by atoms with Gasteiger partial charge in [0.15, 0.2) is 0 Å². The van der Waals surface area contributed by atoms with Gasteiger partial charge in [0, 0.05) is 19.2 Å². The van der Waals surface area contributed by atoms with E-state index in [2.05, 4.69) is 10.3 Å². The van der Waals surface area contributed by atoms with Crippen molar-refractivity contribution in [1.29, 1.82) is 0 Å². The molecule has 0 aromatic carbocycles. The van der Waals surface area contributed by atoms with Crippen LogP contribution in [0, 0.1) is 0 Å². The molecule has 0 aliphatic heterocycles. The van der Waals surface area contributed by atoms with E-state index < -0.39 is 5.97 Å². The van der Waals surface area contributed by atoms with E-state index >= 15 is 0 Å². The lowest BCUT2D eigenvalue weighted by atomic mass is 10.2. The smallest absolute Gasteiger partial charge is 0.303 e. The Balaban J connectivity index is 2.27. The monoisotopic (exact) mass is 304 g/mol. The molecule has 1 aromatic rings. The molecule has 1 rings (SSSR count). The lowest BCUT2D eigenvalue weighted by Crippen LogP contribution is -2.24. The molecular formula is C12H14Cl2N2O3. The Bertz CT molecular complexity index is 466. The molecule has 0 aliphatic rings. The van der Waals surface area contributed by atoms with Crippen molar-refractivity contribution in [3.63, 3.8) is 0 Å². The predicted molar refractivity (Wildman–Crippen MR) is 72.7 cm³/mol. The molecule has 1 aromatic heterocycles. The van der Waals surface area contributed by atoms with Gasteiger partial charge in [-0.2, -0.15) is 0 Å². The van der Waals surface area contributed by atoms with Gasteiger partial charge in [-0.3, -0.25) is 9.59 Å². The molecule has 0 bridgehead atoms. The first-order valence-corrected chi connectivity index (χ1v) is 6.57. The number of aliphatic carboxylic acids is 1. The number of amides is 1. The Morgan fingerprint density at radius 1 is 1.26 bits per heavy atom. The van der Waals surface area contributed by atoms with E-state index in [1.807, 2.05) is 0 Å². The Labute approximate surface area is 120 Å². The number of hydrogen-bond acceptors (Lipinski definition) is 3. The maximum absolute atomic E-state index is 11.7. The first-order chi connectivity index (χ1) is 9.00. The Morgan fingerprint density at radius 2 is 2.00 bits per heavy atom. The second kappa shape index (κ2) is 7.96. The van der Waals surface area contributed by atoms with E-state index in [4.69, 9.17) is 28.3 Å². The fourth-order valence-corrected chi connectivity index (χ4v) is 1.70. The lowest BCUT2D eigenvalue weighted by molar-refractivity contribution is -0.137. The molecule has 0 fully saturated rings. The molecule has 2 N–H and O–H groups in total. The molecule has 0 saturated heterocycles. The summed E-state index contributed by atoms with van der Waals surface area (Å²) in [5, 5.41) is 11.6. The highest BCUT2D eigenvalue weighted by atomic mass is 35.5. The molecule has 0 saturated carbocycles. The third-order valence-corrected chi connectivity index (χ3v) is 3.10. The van der Waals surface area contributed by atoms with E-state index in [1.54, 1.807) is 0 Å². The standard InChI is InChI=1S/C12H14Cl2N2O3/c13-9-6-8(7-16-11(9)14)12(19)15-5-3-1-2-4-10(17)18/h6-7H,1-5H2,(H,15,19)(H,17,18). The maximum atomic E-state index is 11.7. The van der Waals surface area contributed by atoms with Gasteiger partial charge in [-0.15, -0.1) is 0 Å². The number of unbranched alkanes of at least 4 members (excludes halogenated alkanes) is 2. The van der Waals surface area contributed by atoms with Crippen LogP contribution in [-0.4, -0.2) is 28.5 Å². The first-order valence-electron chi connectivity index (χ1n) is 5.81. The number of carboxylic acid groups (broad SMARTS) is 1. The molecular weight excluding hydrogens is 291 g/mol. The second-order valence-corrected chi connectivity index (χ2v) is 4.72. The number of hydrogen-bond donors (Lipinski definition) is 2. The normalized spacial score (nSPS) is 10.2. The van der Waals surface area contributed by atoms with Gasteiger partial charge in [0.25, 0.3) is 5.91 Å². The number of pyridine rings is 1. The van der Waals surface area contributed by atoms with Gasteiger partial charge >= 0.3 is 5.97 Å². The van der Waals surface area contributed by atoms with Crippen LogP contribution in [-0.2, 0) is 4.79 Å². The minimum absolute atomic E-state index is 0.157. The average Bonchev–Trinajstić information content (AvgIpc) is 2.36. The SMILES string of the molecule is O=C(O)CCCCCNC(=O)c1cnc(Cl)c(Cl)c1. The molecule has 0 unspecified atom stereocenters. The molecule has 1 heterocycles. The van der Waals surface area contributed by atoms with Gasteiger partial charge < -0.3 is 10.4 Å². The summed E-state index contributed by atoms with van der Waals surface area (Å²) in [7, 11) is 0. The molecule has 5 nitrogen and oxygen atoms in total. The van der Waals surface area contributed by atoms with Crippen molar-refractivity contribution < 1.29 is 14.7 Å². The van der Waals surface area contributed by atoms with Gasteiger partial charge in [0.05, 0.1) is 10.6 Å². The number of aromatic nitrogens is 1. The molecule has 1 amide bonds. The minimum atomic E-state index is -0.800. The van der Waals surface area contributed by atoms with Gasteiger partial charge in [-0.25, -0.2) is 4.98 Å². The van der Waals surface area contributed by atoms with Crippen molar-refractivity contribution in [3.8, 4) is 0 Å². The second-order valence-electron chi connectivity index (χ2n) is 3.96. The van der Waals surface area contributed by atoms with Gasteiger partial charge in [-0.05, 0) is 18.9 Å². The zero-order chi connectivity index (χ0) is 14.3. The summed E-state index contributed by atoms with van der Waals surface area (Å²) in [6.45, 7) is 0.485. The predicted octanol–water partition coefficient (Wildman–Crippen LogP) is 2.76. The van der Waals surface area contributed by atoms with Crippen LogP contribution < -0.4 is 5.32 Å². The number of rotatable bonds is 7. The number of carbonyl (C=O) groups is 2. The molecule has 0 radical (unpaired) electrons. The number of carbonyl (C=O) groups excluding carboxylic acids is 1. The van der Waals surface area contributed by atoms with E-state index in [0.29, 0.717) is 18.5 Å². The van der Waals surface area contributed by atoms with E-state index in [1.165, 1.54) is 12.3 Å². The number of nitrogens with zero attached hydrogens (tertiary/aromatic N) is 1. The van der Waals surface area contributed by atoms with Crippen molar-refractivity contribution in [2.75, 3.05) is 6.54 Å². The largest absolute Gasteiger partial charge is 0.481 e. The van der Waals surface area contributed by atoms with Gasteiger partial charge in [0.2, 0.25) is 0 Å². The lowest BCUT2D eigenvalue weighted by Gasteiger charge is -2.05. The van der Waals surface area contributed by atoms with Crippen LogP contribution in [0.4, 0.5) is 0 Å². The molecule has 0 atom stereocenters. The zero-order valence-corrected chi connectivity index (χ0v) is 11.7. The van der Waals surface area contributed by atoms with Crippen LogP contribution in [0.3, 0.4) is 0 Å². The van der Waals surface area contributed by atoms with Crippen LogP contribution in [0.2, 0.25) is 10.2 Å². The van der Waals surface area contributed by atoms with Crippen molar-refractivity contribution in [1.82, 2.24) is 10.3 Å². The number of nitrogens with one attached hydrogen (secondary N) is 1. The van der Waals surface area contributed by atoms with Crippen LogP contribution in [0.25, 0.3) is 0 Å². The summed E-state index contributed by atoms with van der Waals surface area (Å²) < 4.78 is 0. The number of halogens is 2. The van der Waals surface area contributed by atoms with Crippen LogP contribution in [0.5, 0.6) is 0 Å². The summed E-state index contributed by atoms with van der Waals surface area (Å²) in [6.07, 6.45) is 3.61. The highest BCUT2D eigenvalue weighted by molar-refractivity contribution is 6.41. The molecule has 0 aliphatic carbocycles. The summed E-state index contributed by atoms with van der Waals surface area (Å²) in [6, 6.07) is 1.46. The summed E-state index contributed by atoms with van der Waals surface area (Å²) >= 11 is 11.4. The molecule has 0 spiro atoms. The van der Waals surface area contributed by atoms with Gasteiger partial charge in [0.1, 0.15) is 5.15 Å². The molecule has 7 heteroatoms. The number of carboxylic acids is 1. The Kier molecular flexibility index (Phi) is 6.59. The highest BCUT2D eigenvalue weighted by Gasteiger charge is 2.08. The van der Waals surface area contributed by atoms with E-state index in [9.17, 15) is 9.59 Å². The topological polar surface area (TPSA) is 79.3 Å². The molecule has 19 heavy (non-hydrogen) atoms. The molecule has 104 valence electrons. The summed E-state index contributed by atoms with van der Waals surface area (Å²) in [5.74, 6) is -1.07. The first kappa shape index (κ1) is 15.7. The Hall–Kier alpha value is -1.33. The minimum Gasteiger partial charge on any atom is -0.481 e. The zero-order valence-electron chi connectivity index (χ0n) is 10.2. The van der Waals surface area contributed by atoms with E-state index in [0.717, 1.165) is 12.8 Å². The maximum Gasteiger partial charge on any atom is 0.303 e. The quantitative estimate of drug-likeness (QED) is 0.599. The third-order valence-electron chi connectivity index (χ3n) is 2.41. The summed E-state index contributed by atoms with van der Waals surface area (Å²) in [4.78, 5) is 25.8. The third kappa shape index (κ3) is 5.89. The summed E-state index contributed by atoms with van der Waals surface area (Å²) in [5.41, 5.74) is 0.347. The Morgan fingerprint density at radius 3 is 2.63 bits per heavy atom. The van der Waals surface area contributed by atoms with E-state index in [-0.39, 0.29) is 22.5 Å². The van der Waals surface area contributed by atoms with Crippen molar-refractivity contribution in [2.24, 2.45) is 0 Å². The fraction of sp³-hybridized carbons (Fsp3) is 0.417. The van der Waals surface area contributed by atoms with Gasteiger partial charge in [-0.1, -0.05) is 29.6 Å². The van der Waals surface area contributed by atoms with Crippen molar-refractivity contribution >= 4 is 35.1 Å². The van der Waals surface area contributed by atoms with Crippen molar-refractivity contribution in [3.05, 3.63) is 28.0 Å². The fourth-order valence-electron chi connectivity index (χ4n) is 1.43. The van der Waals surface area contributed by atoms with Crippen LogP contribution in [0.1, 0.15) is 36.0 Å². The van der Waals surface area contributed by atoms with Crippen molar-refractivity contribution in [2.45, 2.75) is 25.7 Å². The van der Waals surface area contributed by atoms with Crippen LogP contribution in [0.15, 0.2) is 12.3 Å². The average molecular weight is 305 g/mol.